The van der Waals surface area contributed by atoms with Crippen molar-refractivity contribution in [3.8, 4) is 0 Å². The van der Waals surface area contributed by atoms with Crippen LogP contribution < -0.4 is 5.32 Å². The number of nitrogens with zero attached hydrogens (tertiary/aromatic N) is 1. The summed E-state index contributed by atoms with van der Waals surface area (Å²) in [5, 5.41) is 2.91. The number of hydrogen-bond donors (Lipinski definition) is 1. The number of benzene rings is 1. The molecule has 1 aromatic rings. The average Bonchev–Trinajstić information content (AvgIpc) is 2.29. The molecular formula is C12H17F3N2. The van der Waals surface area contributed by atoms with Crippen LogP contribution >= 0.6 is 0 Å². The van der Waals surface area contributed by atoms with Crippen LogP contribution in [0.15, 0.2) is 12.1 Å². The van der Waals surface area contributed by atoms with E-state index in [9.17, 15) is 13.2 Å². The highest BCUT2D eigenvalue weighted by molar-refractivity contribution is 5.23. The average molecular weight is 246 g/mol. The normalized spacial score (nSPS) is 13.1. The van der Waals surface area contributed by atoms with Crippen LogP contribution in [0.3, 0.4) is 0 Å². The van der Waals surface area contributed by atoms with Gasteiger partial charge in [-0.3, -0.25) is 0 Å². The fourth-order valence-electron chi connectivity index (χ4n) is 1.65. The number of hydrogen-bond acceptors (Lipinski definition) is 2. The van der Waals surface area contributed by atoms with Crippen molar-refractivity contribution in [2.45, 2.75) is 12.5 Å². The maximum Gasteiger partial charge on any atom is 0.194 e. The molecule has 0 radical (unpaired) electrons. The number of nitrogens with one attached hydrogen (secondary N) is 1. The zero-order chi connectivity index (χ0) is 13.0. The van der Waals surface area contributed by atoms with Gasteiger partial charge in [0.1, 0.15) is 0 Å². The summed E-state index contributed by atoms with van der Waals surface area (Å²) < 4.78 is 39.5. The molecular weight excluding hydrogens is 229 g/mol. The Labute approximate surface area is 99.4 Å². The Hall–Kier alpha value is -1.07. The van der Waals surface area contributed by atoms with E-state index < -0.39 is 17.5 Å². The molecule has 1 N–H and O–H groups in total. The van der Waals surface area contributed by atoms with Gasteiger partial charge in [-0.2, -0.15) is 0 Å². The molecule has 1 rings (SSSR count). The minimum atomic E-state index is -1.41. The fraction of sp³-hybridized carbons (Fsp3) is 0.500. The van der Waals surface area contributed by atoms with Crippen LogP contribution in [0.2, 0.25) is 0 Å². The highest BCUT2D eigenvalue weighted by atomic mass is 19.2. The van der Waals surface area contributed by atoms with Gasteiger partial charge in [-0.05, 0) is 40.2 Å². The molecule has 0 saturated heterocycles. The Bertz CT molecular complexity index is 380. The first kappa shape index (κ1) is 14.0. The number of rotatable bonds is 5. The minimum Gasteiger partial charge on any atom is -0.313 e. The first-order valence-corrected chi connectivity index (χ1v) is 5.42. The molecule has 0 fully saturated rings. The quantitative estimate of drug-likeness (QED) is 0.802. The molecule has 0 spiro atoms. The molecule has 0 amide bonds. The molecule has 17 heavy (non-hydrogen) atoms. The van der Waals surface area contributed by atoms with Crippen molar-refractivity contribution in [3.05, 3.63) is 35.1 Å². The predicted molar refractivity (Wildman–Crippen MR) is 61.3 cm³/mol. The molecule has 1 unspecified atom stereocenters. The van der Waals surface area contributed by atoms with Crippen molar-refractivity contribution in [1.29, 1.82) is 0 Å². The van der Waals surface area contributed by atoms with Gasteiger partial charge in [0.25, 0.3) is 0 Å². The number of halogens is 3. The van der Waals surface area contributed by atoms with Gasteiger partial charge in [0.15, 0.2) is 17.5 Å². The molecule has 0 aliphatic heterocycles. The summed E-state index contributed by atoms with van der Waals surface area (Å²) in [6.45, 7) is 0.726. The topological polar surface area (TPSA) is 15.3 Å². The summed E-state index contributed by atoms with van der Waals surface area (Å²) >= 11 is 0. The van der Waals surface area contributed by atoms with Gasteiger partial charge in [-0.25, -0.2) is 13.2 Å². The lowest BCUT2D eigenvalue weighted by Crippen LogP contribution is -2.24. The SMILES string of the molecule is CNC(CCN(C)C)c1ccc(F)c(F)c1F. The lowest BCUT2D eigenvalue weighted by molar-refractivity contribution is 0.359. The van der Waals surface area contributed by atoms with Gasteiger partial charge in [0.05, 0.1) is 0 Å². The smallest absolute Gasteiger partial charge is 0.194 e. The highest BCUT2D eigenvalue weighted by Gasteiger charge is 2.19. The molecule has 5 heteroatoms. The zero-order valence-electron chi connectivity index (χ0n) is 10.2. The van der Waals surface area contributed by atoms with Crippen molar-refractivity contribution < 1.29 is 13.2 Å². The van der Waals surface area contributed by atoms with Gasteiger partial charge in [-0.15, -0.1) is 0 Å². The molecule has 96 valence electrons. The third kappa shape index (κ3) is 3.44. The van der Waals surface area contributed by atoms with Gasteiger partial charge in [-0.1, -0.05) is 6.07 Å². The van der Waals surface area contributed by atoms with E-state index in [-0.39, 0.29) is 11.6 Å². The molecule has 1 atom stereocenters. The maximum absolute atomic E-state index is 13.6. The first-order valence-electron chi connectivity index (χ1n) is 5.42. The standard InChI is InChI=1S/C12H17F3N2/c1-16-10(6-7-17(2)3)8-4-5-9(13)12(15)11(8)14/h4-5,10,16H,6-7H2,1-3H3. The Morgan fingerprint density at radius 2 is 1.82 bits per heavy atom. The third-order valence-electron chi connectivity index (χ3n) is 2.65. The molecule has 0 aliphatic rings. The van der Waals surface area contributed by atoms with Crippen LogP contribution in [-0.4, -0.2) is 32.6 Å². The molecule has 0 aromatic heterocycles. The first-order chi connectivity index (χ1) is 7.97. The van der Waals surface area contributed by atoms with Crippen molar-refractivity contribution in [2.24, 2.45) is 0 Å². The van der Waals surface area contributed by atoms with Crippen molar-refractivity contribution >= 4 is 0 Å². The molecule has 0 saturated carbocycles. The van der Waals surface area contributed by atoms with E-state index in [4.69, 9.17) is 0 Å². The van der Waals surface area contributed by atoms with Crippen molar-refractivity contribution in [1.82, 2.24) is 10.2 Å². The van der Waals surface area contributed by atoms with E-state index in [1.165, 1.54) is 6.07 Å². The summed E-state index contributed by atoms with van der Waals surface area (Å²) in [7, 11) is 5.46. The predicted octanol–water partition coefficient (Wildman–Crippen LogP) is 2.32. The summed E-state index contributed by atoms with van der Waals surface area (Å²) in [4.78, 5) is 1.95. The maximum atomic E-state index is 13.6. The van der Waals surface area contributed by atoms with Gasteiger partial charge < -0.3 is 10.2 Å². The van der Waals surface area contributed by atoms with E-state index in [1.54, 1.807) is 7.05 Å². The van der Waals surface area contributed by atoms with E-state index in [1.807, 2.05) is 19.0 Å². The minimum absolute atomic E-state index is 0.160. The second-order valence-electron chi connectivity index (χ2n) is 4.20. The Kier molecular flexibility index (Phi) is 4.96. The fourth-order valence-corrected chi connectivity index (χ4v) is 1.65. The van der Waals surface area contributed by atoms with Crippen LogP contribution in [0.4, 0.5) is 13.2 Å². The van der Waals surface area contributed by atoms with E-state index in [0.29, 0.717) is 6.42 Å². The zero-order valence-corrected chi connectivity index (χ0v) is 10.2. The molecule has 0 bridgehead atoms. The van der Waals surface area contributed by atoms with Gasteiger partial charge in [0.2, 0.25) is 0 Å². The second kappa shape index (κ2) is 6.02. The highest BCUT2D eigenvalue weighted by Crippen LogP contribution is 2.23. The molecule has 2 nitrogen and oxygen atoms in total. The monoisotopic (exact) mass is 246 g/mol. The molecule has 0 aliphatic carbocycles. The molecule has 0 heterocycles. The van der Waals surface area contributed by atoms with Gasteiger partial charge in [0, 0.05) is 11.6 Å². The second-order valence-corrected chi connectivity index (χ2v) is 4.20. The lowest BCUT2D eigenvalue weighted by atomic mass is 10.0. The van der Waals surface area contributed by atoms with Crippen LogP contribution in [0.1, 0.15) is 18.0 Å². The van der Waals surface area contributed by atoms with Crippen molar-refractivity contribution in [2.75, 3.05) is 27.7 Å². The third-order valence-corrected chi connectivity index (χ3v) is 2.65. The Balaban J connectivity index is 2.92. The van der Waals surface area contributed by atoms with Crippen LogP contribution in [0, 0.1) is 17.5 Å². The van der Waals surface area contributed by atoms with E-state index in [2.05, 4.69) is 5.32 Å². The van der Waals surface area contributed by atoms with Crippen molar-refractivity contribution in [3.63, 3.8) is 0 Å². The summed E-state index contributed by atoms with van der Waals surface area (Å²) in [6.07, 6.45) is 0.617. The van der Waals surface area contributed by atoms with E-state index in [0.717, 1.165) is 12.6 Å². The Morgan fingerprint density at radius 3 is 2.35 bits per heavy atom. The largest absolute Gasteiger partial charge is 0.313 e. The Morgan fingerprint density at radius 1 is 1.18 bits per heavy atom. The van der Waals surface area contributed by atoms with Crippen LogP contribution in [-0.2, 0) is 0 Å². The lowest BCUT2D eigenvalue weighted by Gasteiger charge is -2.19. The summed E-state index contributed by atoms with van der Waals surface area (Å²) in [5.74, 6) is -3.68. The summed E-state index contributed by atoms with van der Waals surface area (Å²) in [5.41, 5.74) is 0.160. The van der Waals surface area contributed by atoms with Gasteiger partial charge >= 0.3 is 0 Å². The van der Waals surface area contributed by atoms with Crippen LogP contribution in [0.25, 0.3) is 0 Å². The van der Waals surface area contributed by atoms with Crippen LogP contribution in [0.5, 0.6) is 0 Å². The molecule has 1 aromatic carbocycles. The van der Waals surface area contributed by atoms with E-state index >= 15 is 0 Å². The summed E-state index contributed by atoms with van der Waals surface area (Å²) in [6, 6.07) is 1.91.